The van der Waals surface area contributed by atoms with E-state index >= 15 is 0 Å². The van der Waals surface area contributed by atoms with E-state index in [1.807, 2.05) is 13.8 Å². The molecule has 0 bridgehead atoms. The largest absolute Gasteiger partial charge is 0.466 e. The van der Waals surface area contributed by atoms with E-state index in [0.29, 0.717) is 26.1 Å². The van der Waals surface area contributed by atoms with Crippen molar-refractivity contribution in [3.05, 3.63) is 0 Å². The highest BCUT2D eigenvalue weighted by atomic mass is 16.5. The van der Waals surface area contributed by atoms with Gasteiger partial charge in [-0.25, -0.2) is 0 Å². The summed E-state index contributed by atoms with van der Waals surface area (Å²) in [5.74, 6) is -0.304. The maximum atomic E-state index is 11.5. The molecule has 0 rings (SSSR count). The number of carbonyl (C=O) groups excluding carboxylic acids is 2. The normalized spacial score (nSPS) is 12.1. The summed E-state index contributed by atoms with van der Waals surface area (Å²) in [5, 5.41) is 0. The summed E-state index contributed by atoms with van der Waals surface area (Å²) in [6, 6.07) is 0. The van der Waals surface area contributed by atoms with E-state index in [-0.39, 0.29) is 22.8 Å². The molecule has 4 nitrogen and oxygen atoms in total. The predicted molar refractivity (Wildman–Crippen MR) is 79.3 cm³/mol. The second-order valence-corrected chi connectivity index (χ2v) is 6.79. The van der Waals surface area contributed by atoms with Gasteiger partial charge in [-0.05, 0) is 37.5 Å². The van der Waals surface area contributed by atoms with Gasteiger partial charge < -0.3 is 9.47 Å². The van der Waals surface area contributed by atoms with Gasteiger partial charge >= 0.3 is 11.9 Å². The van der Waals surface area contributed by atoms with Crippen LogP contribution in [0.2, 0.25) is 0 Å². The highest BCUT2D eigenvalue weighted by Gasteiger charge is 2.28. The van der Waals surface area contributed by atoms with Crippen LogP contribution in [0.5, 0.6) is 0 Å². The van der Waals surface area contributed by atoms with Crippen LogP contribution in [0.25, 0.3) is 0 Å². The van der Waals surface area contributed by atoms with E-state index < -0.39 is 0 Å². The summed E-state index contributed by atoms with van der Waals surface area (Å²) < 4.78 is 9.99. The van der Waals surface area contributed by atoms with Gasteiger partial charge in [-0.1, -0.05) is 27.7 Å². The Balaban J connectivity index is 4.28. The third-order valence-electron chi connectivity index (χ3n) is 3.33. The average molecular weight is 286 g/mol. The number of esters is 2. The van der Waals surface area contributed by atoms with Crippen LogP contribution in [-0.2, 0) is 19.1 Å². The van der Waals surface area contributed by atoms with Crippen molar-refractivity contribution in [1.82, 2.24) is 0 Å². The van der Waals surface area contributed by atoms with Crippen molar-refractivity contribution in [2.45, 2.75) is 67.2 Å². The lowest BCUT2D eigenvalue weighted by molar-refractivity contribution is -0.147. The first-order valence-corrected chi connectivity index (χ1v) is 7.43. The monoisotopic (exact) mass is 286 g/mol. The zero-order chi connectivity index (χ0) is 15.8. The molecule has 0 saturated heterocycles. The SMILES string of the molecule is CCOC(=O)CC(C)(C)CCC(C)(C)CC(=O)OCC. The van der Waals surface area contributed by atoms with Gasteiger partial charge in [0.05, 0.1) is 26.1 Å². The highest BCUT2D eigenvalue weighted by molar-refractivity contribution is 5.70. The fraction of sp³-hybridized carbons (Fsp3) is 0.875. The van der Waals surface area contributed by atoms with Crippen LogP contribution in [0.4, 0.5) is 0 Å². The Kier molecular flexibility index (Phi) is 7.84. The Morgan fingerprint density at radius 3 is 1.30 bits per heavy atom. The number of ether oxygens (including phenoxy) is 2. The molecule has 0 fully saturated rings. The topological polar surface area (TPSA) is 52.6 Å². The van der Waals surface area contributed by atoms with E-state index in [1.165, 1.54) is 0 Å². The summed E-state index contributed by atoms with van der Waals surface area (Å²) in [5.41, 5.74) is -0.226. The maximum absolute atomic E-state index is 11.5. The van der Waals surface area contributed by atoms with Crippen LogP contribution in [0.1, 0.15) is 67.2 Å². The molecule has 0 aromatic heterocycles. The summed E-state index contributed by atoms with van der Waals surface area (Å²) in [6.45, 7) is 12.7. The maximum Gasteiger partial charge on any atom is 0.306 e. The second kappa shape index (κ2) is 8.28. The van der Waals surface area contributed by atoms with Crippen LogP contribution in [-0.4, -0.2) is 25.2 Å². The molecule has 4 heteroatoms. The van der Waals surface area contributed by atoms with E-state index in [2.05, 4.69) is 27.7 Å². The van der Waals surface area contributed by atoms with Crippen LogP contribution in [0.15, 0.2) is 0 Å². The van der Waals surface area contributed by atoms with Gasteiger partial charge in [0.25, 0.3) is 0 Å². The molecule has 0 radical (unpaired) electrons. The van der Waals surface area contributed by atoms with Crippen molar-refractivity contribution in [3.8, 4) is 0 Å². The van der Waals surface area contributed by atoms with Crippen molar-refractivity contribution in [1.29, 1.82) is 0 Å². The Morgan fingerprint density at radius 1 is 0.750 bits per heavy atom. The van der Waals surface area contributed by atoms with Crippen LogP contribution < -0.4 is 0 Å². The standard InChI is InChI=1S/C16H30O4/c1-7-19-13(17)11-15(3,4)9-10-16(5,6)12-14(18)20-8-2/h7-12H2,1-6H3. The lowest BCUT2D eigenvalue weighted by Gasteiger charge is -2.30. The van der Waals surface area contributed by atoms with Crippen molar-refractivity contribution >= 4 is 11.9 Å². The Labute approximate surface area is 123 Å². The molecule has 0 saturated carbocycles. The summed E-state index contributed by atoms with van der Waals surface area (Å²) >= 11 is 0. The molecular formula is C16H30O4. The zero-order valence-electron chi connectivity index (χ0n) is 13.9. The van der Waals surface area contributed by atoms with Gasteiger partial charge in [-0.2, -0.15) is 0 Å². The third-order valence-corrected chi connectivity index (χ3v) is 3.33. The lowest BCUT2D eigenvalue weighted by atomic mass is 9.76. The Hall–Kier alpha value is -1.06. The van der Waals surface area contributed by atoms with E-state index in [1.54, 1.807) is 0 Å². The van der Waals surface area contributed by atoms with Crippen LogP contribution in [0, 0.1) is 10.8 Å². The molecule has 118 valence electrons. The molecule has 0 aromatic rings. The van der Waals surface area contributed by atoms with E-state index in [4.69, 9.17) is 9.47 Å². The minimum absolute atomic E-state index is 0.113. The molecular weight excluding hydrogens is 256 g/mol. The molecule has 0 amide bonds. The summed E-state index contributed by atoms with van der Waals surface area (Å²) in [4.78, 5) is 23.1. The van der Waals surface area contributed by atoms with Crippen molar-refractivity contribution < 1.29 is 19.1 Å². The van der Waals surface area contributed by atoms with Crippen LogP contribution >= 0.6 is 0 Å². The first-order valence-electron chi connectivity index (χ1n) is 7.43. The zero-order valence-corrected chi connectivity index (χ0v) is 13.9. The van der Waals surface area contributed by atoms with Gasteiger partial charge in [0.2, 0.25) is 0 Å². The Bertz CT molecular complexity index is 286. The Morgan fingerprint density at radius 2 is 1.05 bits per heavy atom. The lowest BCUT2D eigenvalue weighted by Crippen LogP contribution is -2.24. The molecule has 0 heterocycles. The van der Waals surface area contributed by atoms with Gasteiger partial charge in [0.15, 0.2) is 0 Å². The summed E-state index contributed by atoms with van der Waals surface area (Å²) in [7, 11) is 0. The fourth-order valence-electron chi connectivity index (χ4n) is 2.06. The molecule has 20 heavy (non-hydrogen) atoms. The van der Waals surface area contributed by atoms with Gasteiger partial charge in [-0.15, -0.1) is 0 Å². The number of rotatable bonds is 9. The molecule has 0 aromatic carbocycles. The minimum atomic E-state index is -0.152. The molecule has 0 unspecified atom stereocenters. The molecule has 0 aliphatic carbocycles. The molecule has 0 aliphatic rings. The second-order valence-electron chi connectivity index (χ2n) is 6.79. The van der Waals surface area contributed by atoms with Crippen molar-refractivity contribution in [3.63, 3.8) is 0 Å². The third kappa shape index (κ3) is 8.94. The van der Waals surface area contributed by atoms with Crippen LogP contribution in [0.3, 0.4) is 0 Å². The fourth-order valence-corrected chi connectivity index (χ4v) is 2.06. The number of hydrogen-bond acceptors (Lipinski definition) is 4. The highest BCUT2D eigenvalue weighted by Crippen LogP contribution is 2.35. The molecule has 0 atom stereocenters. The number of carbonyl (C=O) groups is 2. The average Bonchev–Trinajstić information content (AvgIpc) is 2.26. The summed E-state index contributed by atoms with van der Waals surface area (Å²) in [6.07, 6.45) is 2.57. The van der Waals surface area contributed by atoms with Gasteiger partial charge in [0, 0.05) is 0 Å². The van der Waals surface area contributed by atoms with Gasteiger partial charge in [-0.3, -0.25) is 9.59 Å². The van der Waals surface area contributed by atoms with E-state index in [9.17, 15) is 9.59 Å². The first-order chi connectivity index (χ1) is 9.12. The predicted octanol–water partition coefficient (Wildman–Crippen LogP) is 3.73. The molecule has 0 spiro atoms. The smallest absolute Gasteiger partial charge is 0.306 e. The van der Waals surface area contributed by atoms with E-state index in [0.717, 1.165) is 12.8 Å². The molecule has 0 aliphatic heterocycles. The van der Waals surface area contributed by atoms with Gasteiger partial charge in [0.1, 0.15) is 0 Å². The molecule has 0 N–H and O–H groups in total. The van der Waals surface area contributed by atoms with Crippen molar-refractivity contribution in [2.24, 2.45) is 10.8 Å². The first kappa shape index (κ1) is 18.9. The van der Waals surface area contributed by atoms with Crippen molar-refractivity contribution in [2.75, 3.05) is 13.2 Å². The minimum Gasteiger partial charge on any atom is -0.466 e. The number of hydrogen-bond donors (Lipinski definition) is 0. The quantitative estimate of drug-likeness (QED) is 0.606.